The Morgan fingerprint density at radius 2 is 1.66 bits per heavy atom. The second kappa shape index (κ2) is 11.1. The molecular weight excluding hydrogens is 590 g/mol. The SMILES string of the molecule is O=C(Nc1ccc(S(=O)(=O)Nc2ccc(Br)cc2)cc1)c1ccc([C@H]2SCC(=O)N2Cc2ccco2)cc1. The highest BCUT2D eigenvalue weighted by Crippen LogP contribution is 2.39. The largest absolute Gasteiger partial charge is 0.467 e. The van der Waals surface area contributed by atoms with Crippen LogP contribution >= 0.6 is 27.7 Å². The van der Waals surface area contributed by atoms with Crippen LogP contribution in [0.1, 0.15) is 27.1 Å². The van der Waals surface area contributed by atoms with Crippen LogP contribution in [0.4, 0.5) is 11.4 Å². The summed E-state index contributed by atoms with van der Waals surface area (Å²) < 4.78 is 34.1. The minimum absolute atomic E-state index is 0.0377. The topological polar surface area (TPSA) is 109 Å². The molecule has 3 aromatic carbocycles. The lowest BCUT2D eigenvalue weighted by Crippen LogP contribution is -2.27. The summed E-state index contributed by atoms with van der Waals surface area (Å²) in [4.78, 5) is 27.0. The maximum absolute atomic E-state index is 12.8. The molecular formula is C27H22BrN3O5S2. The number of thioether (sulfide) groups is 1. The first-order chi connectivity index (χ1) is 18.3. The Labute approximate surface area is 232 Å². The fraction of sp³-hybridized carbons (Fsp3) is 0.111. The summed E-state index contributed by atoms with van der Waals surface area (Å²) in [5.74, 6) is 0.807. The van der Waals surface area contributed by atoms with Crippen molar-refractivity contribution >= 4 is 60.9 Å². The average molecular weight is 613 g/mol. The van der Waals surface area contributed by atoms with Gasteiger partial charge in [0, 0.05) is 21.4 Å². The molecule has 1 atom stereocenters. The lowest BCUT2D eigenvalue weighted by Gasteiger charge is -2.23. The van der Waals surface area contributed by atoms with Gasteiger partial charge in [-0.15, -0.1) is 11.8 Å². The number of nitrogens with zero attached hydrogens (tertiary/aromatic N) is 1. The number of benzene rings is 3. The number of amides is 2. The number of carbonyl (C=O) groups excluding carboxylic acids is 2. The van der Waals surface area contributed by atoms with Gasteiger partial charge in [-0.2, -0.15) is 0 Å². The lowest BCUT2D eigenvalue weighted by atomic mass is 10.1. The zero-order chi connectivity index (χ0) is 26.7. The highest BCUT2D eigenvalue weighted by Gasteiger charge is 2.33. The Morgan fingerprint density at radius 3 is 2.32 bits per heavy atom. The molecule has 0 bridgehead atoms. The van der Waals surface area contributed by atoms with Gasteiger partial charge in [-0.3, -0.25) is 14.3 Å². The molecule has 2 heterocycles. The number of halogens is 1. The van der Waals surface area contributed by atoms with Crippen LogP contribution in [0.25, 0.3) is 0 Å². The van der Waals surface area contributed by atoms with E-state index in [0.717, 1.165) is 10.0 Å². The number of anilines is 2. The first-order valence-electron chi connectivity index (χ1n) is 11.5. The number of nitrogens with one attached hydrogen (secondary N) is 2. The average Bonchev–Trinajstić information content (AvgIpc) is 3.56. The molecule has 1 saturated heterocycles. The Morgan fingerprint density at radius 1 is 0.974 bits per heavy atom. The first-order valence-corrected chi connectivity index (χ1v) is 14.8. The minimum atomic E-state index is -3.78. The van der Waals surface area contributed by atoms with Gasteiger partial charge in [0.1, 0.15) is 11.1 Å². The molecule has 8 nitrogen and oxygen atoms in total. The first kappa shape index (κ1) is 26.1. The zero-order valence-corrected chi connectivity index (χ0v) is 23.1. The number of carbonyl (C=O) groups is 2. The van der Waals surface area contributed by atoms with E-state index in [1.165, 1.54) is 36.0 Å². The standard InChI is InChI=1S/C27H22BrN3O5S2/c28-20-7-9-22(10-8-20)30-38(34,35)24-13-11-21(12-14-24)29-26(33)18-3-5-19(6-4-18)27-31(25(32)17-37-27)16-23-2-1-15-36-23/h1-15,27,30H,16-17H2,(H,29,33)/t27-/m1/s1. The maximum atomic E-state index is 12.8. The van der Waals surface area contributed by atoms with Crippen molar-refractivity contribution in [2.24, 2.45) is 0 Å². The van der Waals surface area contributed by atoms with Crippen LogP contribution in [0.3, 0.4) is 0 Å². The fourth-order valence-corrected chi connectivity index (χ4v) is 6.43. The summed E-state index contributed by atoms with van der Waals surface area (Å²) >= 11 is 4.85. The Bertz CT molecular complexity index is 1540. The van der Waals surface area contributed by atoms with E-state index in [-0.39, 0.29) is 22.1 Å². The number of hydrogen-bond donors (Lipinski definition) is 2. The van der Waals surface area contributed by atoms with Crippen LogP contribution in [-0.2, 0) is 21.4 Å². The van der Waals surface area contributed by atoms with Crippen molar-refractivity contribution in [3.8, 4) is 0 Å². The molecule has 11 heteroatoms. The summed E-state index contributed by atoms with van der Waals surface area (Å²) in [5, 5.41) is 2.62. The lowest BCUT2D eigenvalue weighted by molar-refractivity contribution is -0.128. The molecule has 0 spiro atoms. The Kier molecular flexibility index (Phi) is 7.59. The quantitative estimate of drug-likeness (QED) is 0.258. The van der Waals surface area contributed by atoms with Crippen molar-refractivity contribution in [1.82, 2.24) is 4.90 Å². The molecule has 5 rings (SSSR count). The molecule has 38 heavy (non-hydrogen) atoms. The third-order valence-corrected chi connectivity index (χ3v) is 9.03. The van der Waals surface area contributed by atoms with Gasteiger partial charge in [-0.25, -0.2) is 8.42 Å². The molecule has 194 valence electrons. The predicted molar refractivity (Wildman–Crippen MR) is 150 cm³/mol. The van der Waals surface area contributed by atoms with Crippen molar-refractivity contribution in [3.05, 3.63) is 113 Å². The van der Waals surface area contributed by atoms with Crippen LogP contribution in [0.15, 0.2) is 105 Å². The van der Waals surface area contributed by atoms with Gasteiger partial charge in [0.2, 0.25) is 5.91 Å². The Balaban J connectivity index is 1.22. The van der Waals surface area contributed by atoms with Crippen LogP contribution < -0.4 is 10.0 Å². The van der Waals surface area contributed by atoms with E-state index in [9.17, 15) is 18.0 Å². The van der Waals surface area contributed by atoms with E-state index < -0.39 is 10.0 Å². The van der Waals surface area contributed by atoms with Crippen molar-refractivity contribution in [2.45, 2.75) is 16.8 Å². The highest BCUT2D eigenvalue weighted by molar-refractivity contribution is 9.10. The van der Waals surface area contributed by atoms with Crippen molar-refractivity contribution in [1.29, 1.82) is 0 Å². The third-order valence-electron chi connectivity index (χ3n) is 5.85. The number of rotatable bonds is 8. The van der Waals surface area contributed by atoms with Crippen LogP contribution in [-0.4, -0.2) is 30.9 Å². The van der Waals surface area contributed by atoms with E-state index in [2.05, 4.69) is 26.0 Å². The second-order valence-electron chi connectivity index (χ2n) is 8.48. The van der Waals surface area contributed by atoms with Gasteiger partial charge >= 0.3 is 0 Å². The van der Waals surface area contributed by atoms with Crippen molar-refractivity contribution < 1.29 is 22.4 Å². The molecule has 0 saturated carbocycles. The second-order valence-corrected chi connectivity index (χ2v) is 12.1. The molecule has 1 aliphatic heterocycles. The van der Waals surface area contributed by atoms with Crippen molar-refractivity contribution in [2.75, 3.05) is 15.8 Å². The van der Waals surface area contributed by atoms with Crippen LogP contribution in [0.2, 0.25) is 0 Å². The van der Waals surface area contributed by atoms with E-state index >= 15 is 0 Å². The summed E-state index contributed by atoms with van der Waals surface area (Å²) in [6.45, 7) is 0.385. The number of sulfonamides is 1. The highest BCUT2D eigenvalue weighted by atomic mass is 79.9. The molecule has 1 aromatic heterocycles. The van der Waals surface area contributed by atoms with Gasteiger partial charge in [0.15, 0.2) is 0 Å². The van der Waals surface area contributed by atoms with E-state index in [4.69, 9.17) is 4.42 Å². The van der Waals surface area contributed by atoms with Gasteiger partial charge in [0.05, 0.1) is 23.5 Å². The molecule has 2 N–H and O–H groups in total. The summed E-state index contributed by atoms with van der Waals surface area (Å²) in [6, 6.07) is 23.4. The Hall–Kier alpha value is -3.54. The summed E-state index contributed by atoms with van der Waals surface area (Å²) in [5.41, 5.74) is 2.26. The van der Waals surface area contributed by atoms with Crippen LogP contribution in [0, 0.1) is 0 Å². The maximum Gasteiger partial charge on any atom is 0.261 e. The third kappa shape index (κ3) is 5.95. The monoisotopic (exact) mass is 611 g/mol. The number of furan rings is 1. The molecule has 0 radical (unpaired) electrons. The molecule has 4 aromatic rings. The number of hydrogen-bond acceptors (Lipinski definition) is 6. The summed E-state index contributed by atoms with van der Waals surface area (Å²) in [7, 11) is -3.78. The van der Waals surface area contributed by atoms with Gasteiger partial charge < -0.3 is 14.6 Å². The van der Waals surface area contributed by atoms with E-state index in [1.807, 2.05) is 18.2 Å². The van der Waals surface area contributed by atoms with E-state index in [1.54, 1.807) is 53.6 Å². The summed E-state index contributed by atoms with van der Waals surface area (Å²) in [6.07, 6.45) is 1.58. The normalized spacial score (nSPS) is 15.4. The molecule has 1 fully saturated rings. The fourth-order valence-electron chi connectivity index (χ4n) is 3.92. The van der Waals surface area contributed by atoms with Gasteiger partial charge in [-0.05, 0) is 78.4 Å². The molecule has 0 unspecified atom stereocenters. The van der Waals surface area contributed by atoms with Gasteiger partial charge in [-0.1, -0.05) is 28.1 Å². The van der Waals surface area contributed by atoms with Crippen LogP contribution in [0.5, 0.6) is 0 Å². The molecule has 2 amide bonds. The zero-order valence-electron chi connectivity index (χ0n) is 19.8. The predicted octanol–water partition coefficient (Wildman–Crippen LogP) is 5.87. The smallest absolute Gasteiger partial charge is 0.261 e. The van der Waals surface area contributed by atoms with Crippen molar-refractivity contribution in [3.63, 3.8) is 0 Å². The molecule has 1 aliphatic rings. The van der Waals surface area contributed by atoms with E-state index in [0.29, 0.717) is 35.0 Å². The van der Waals surface area contributed by atoms with Gasteiger partial charge in [0.25, 0.3) is 15.9 Å². The minimum Gasteiger partial charge on any atom is -0.467 e. The molecule has 0 aliphatic carbocycles.